The number of hydrogen-bond acceptors (Lipinski definition) is 3. The highest BCUT2D eigenvalue weighted by Crippen LogP contribution is 2.19. The molecule has 5 nitrogen and oxygen atoms in total. The fourth-order valence-electron chi connectivity index (χ4n) is 2.67. The van der Waals surface area contributed by atoms with Crippen LogP contribution in [0.1, 0.15) is 38.5 Å². The van der Waals surface area contributed by atoms with Crippen molar-refractivity contribution in [2.75, 3.05) is 26.2 Å². The predicted molar refractivity (Wildman–Crippen MR) is 70.4 cm³/mol. The van der Waals surface area contributed by atoms with Crippen molar-refractivity contribution in [3.8, 4) is 0 Å². The van der Waals surface area contributed by atoms with E-state index >= 15 is 0 Å². The smallest absolute Gasteiger partial charge is 0.317 e. The van der Waals surface area contributed by atoms with Gasteiger partial charge in [0, 0.05) is 25.7 Å². The van der Waals surface area contributed by atoms with Gasteiger partial charge in [-0.1, -0.05) is 0 Å². The first kappa shape index (κ1) is 13.6. The van der Waals surface area contributed by atoms with Gasteiger partial charge in [0.25, 0.3) is 0 Å². The summed E-state index contributed by atoms with van der Waals surface area (Å²) in [5.74, 6) is 0. The Hall–Kier alpha value is -0.810. The zero-order chi connectivity index (χ0) is 12.8. The Labute approximate surface area is 109 Å². The van der Waals surface area contributed by atoms with Crippen molar-refractivity contribution in [2.45, 2.75) is 50.7 Å². The van der Waals surface area contributed by atoms with Gasteiger partial charge in [-0.3, -0.25) is 0 Å². The summed E-state index contributed by atoms with van der Waals surface area (Å²) in [6, 6.07) is 0.418. The largest absolute Gasteiger partial charge is 0.376 e. The van der Waals surface area contributed by atoms with E-state index in [2.05, 4.69) is 5.32 Å². The molecule has 3 N–H and O–H groups in total. The summed E-state index contributed by atoms with van der Waals surface area (Å²) in [6.45, 7) is 3.01. The molecule has 0 radical (unpaired) electrons. The van der Waals surface area contributed by atoms with E-state index < -0.39 is 0 Å². The zero-order valence-corrected chi connectivity index (χ0v) is 11.1. The fourth-order valence-corrected chi connectivity index (χ4v) is 2.67. The van der Waals surface area contributed by atoms with Crippen molar-refractivity contribution in [3.63, 3.8) is 0 Å². The summed E-state index contributed by atoms with van der Waals surface area (Å²) in [5.41, 5.74) is 5.84. The molecule has 1 saturated heterocycles. The third-order valence-electron chi connectivity index (χ3n) is 3.84. The first-order valence-electron chi connectivity index (χ1n) is 7.15. The molecule has 2 rings (SSSR count). The Morgan fingerprint density at radius 3 is 2.56 bits per heavy atom. The zero-order valence-electron chi connectivity index (χ0n) is 11.1. The van der Waals surface area contributed by atoms with Crippen LogP contribution in [0.4, 0.5) is 4.79 Å². The molecule has 104 valence electrons. The van der Waals surface area contributed by atoms with E-state index in [0.717, 1.165) is 51.6 Å². The fraction of sp³-hybridized carbons (Fsp3) is 0.923. The van der Waals surface area contributed by atoms with Crippen molar-refractivity contribution < 1.29 is 9.53 Å². The van der Waals surface area contributed by atoms with Crippen LogP contribution in [0.3, 0.4) is 0 Å². The van der Waals surface area contributed by atoms with Gasteiger partial charge >= 0.3 is 6.03 Å². The summed E-state index contributed by atoms with van der Waals surface area (Å²) in [6.07, 6.45) is 6.84. The second-order valence-electron chi connectivity index (χ2n) is 5.33. The first-order valence-corrected chi connectivity index (χ1v) is 7.15. The van der Waals surface area contributed by atoms with E-state index in [4.69, 9.17) is 10.5 Å². The summed E-state index contributed by atoms with van der Waals surface area (Å²) in [7, 11) is 0. The van der Waals surface area contributed by atoms with Crippen LogP contribution >= 0.6 is 0 Å². The van der Waals surface area contributed by atoms with Gasteiger partial charge in [0.2, 0.25) is 0 Å². The van der Waals surface area contributed by atoms with Crippen LogP contribution in [-0.2, 0) is 4.74 Å². The van der Waals surface area contributed by atoms with Crippen LogP contribution in [0.15, 0.2) is 0 Å². The number of amides is 2. The standard InChI is InChI=1S/C13H25N3O2/c14-11-3-5-12(6-4-11)18-10-7-15-13(17)16-8-1-2-9-16/h11-12H,1-10,14H2,(H,15,17). The van der Waals surface area contributed by atoms with Crippen molar-refractivity contribution in [1.29, 1.82) is 0 Å². The van der Waals surface area contributed by atoms with Gasteiger partial charge in [0.05, 0.1) is 12.7 Å². The molecule has 2 fully saturated rings. The molecule has 0 spiro atoms. The maximum absolute atomic E-state index is 11.7. The van der Waals surface area contributed by atoms with Gasteiger partial charge in [-0.05, 0) is 38.5 Å². The monoisotopic (exact) mass is 255 g/mol. The topological polar surface area (TPSA) is 67.6 Å². The molecule has 2 amide bonds. The average Bonchev–Trinajstić information content (AvgIpc) is 2.90. The summed E-state index contributed by atoms with van der Waals surface area (Å²) >= 11 is 0. The number of likely N-dealkylation sites (tertiary alicyclic amines) is 1. The van der Waals surface area contributed by atoms with Gasteiger partial charge in [-0.25, -0.2) is 4.79 Å². The molecule has 0 bridgehead atoms. The SMILES string of the molecule is NC1CCC(OCCNC(=O)N2CCCC2)CC1. The number of rotatable bonds is 4. The molecule has 0 aromatic heterocycles. The molecule has 18 heavy (non-hydrogen) atoms. The second kappa shape index (κ2) is 6.95. The van der Waals surface area contributed by atoms with Crippen LogP contribution in [0.5, 0.6) is 0 Å². The van der Waals surface area contributed by atoms with Crippen molar-refractivity contribution in [2.24, 2.45) is 5.73 Å². The quantitative estimate of drug-likeness (QED) is 0.739. The Bertz CT molecular complexity index is 259. The summed E-state index contributed by atoms with van der Waals surface area (Å²) in [5, 5.41) is 2.91. The number of ether oxygens (including phenoxy) is 1. The Morgan fingerprint density at radius 1 is 1.22 bits per heavy atom. The van der Waals surface area contributed by atoms with E-state index in [9.17, 15) is 4.79 Å². The molecule has 5 heteroatoms. The van der Waals surface area contributed by atoms with E-state index in [1.54, 1.807) is 0 Å². The molecule has 0 aromatic rings. The van der Waals surface area contributed by atoms with E-state index in [0.29, 0.717) is 25.3 Å². The summed E-state index contributed by atoms with van der Waals surface area (Å²) in [4.78, 5) is 13.6. The van der Waals surface area contributed by atoms with Crippen LogP contribution in [0, 0.1) is 0 Å². The van der Waals surface area contributed by atoms with E-state index in [1.807, 2.05) is 4.90 Å². The van der Waals surface area contributed by atoms with Crippen LogP contribution in [0.2, 0.25) is 0 Å². The van der Waals surface area contributed by atoms with Gasteiger partial charge in [-0.15, -0.1) is 0 Å². The lowest BCUT2D eigenvalue weighted by Gasteiger charge is -2.26. The second-order valence-corrected chi connectivity index (χ2v) is 5.33. The molecule has 2 aliphatic rings. The molecular formula is C13H25N3O2. The van der Waals surface area contributed by atoms with Gasteiger partial charge in [0.15, 0.2) is 0 Å². The Morgan fingerprint density at radius 2 is 1.89 bits per heavy atom. The lowest BCUT2D eigenvalue weighted by molar-refractivity contribution is 0.0275. The molecule has 1 heterocycles. The molecule has 1 saturated carbocycles. The van der Waals surface area contributed by atoms with Gasteiger partial charge in [-0.2, -0.15) is 0 Å². The van der Waals surface area contributed by atoms with E-state index in [-0.39, 0.29) is 6.03 Å². The normalized spacial score (nSPS) is 28.4. The molecule has 1 aliphatic carbocycles. The number of nitrogens with zero attached hydrogens (tertiary/aromatic N) is 1. The minimum absolute atomic E-state index is 0.0572. The maximum Gasteiger partial charge on any atom is 0.317 e. The lowest BCUT2D eigenvalue weighted by Crippen LogP contribution is -2.40. The number of carbonyl (C=O) groups excluding carboxylic acids is 1. The molecule has 1 aliphatic heterocycles. The summed E-state index contributed by atoms with van der Waals surface area (Å²) < 4.78 is 5.76. The highest BCUT2D eigenvalue weighted by molar-refractivity contribution is 5.74. The van der Waals surface area contributed by atoms with Gasteiger partial charge < -0.3 is 20.7 Å². The van der Waals surface area contributed by atoms with Crippen molar-refractivity contribution in [1.82, 2.24) is 10.2 Å². The average molecular weight is 255 g/mol. The van der Waals surface area contributed by atoms with Gasteiger partial charge in [0.1, 0.15) is 0 Å². The molecule has 0 atom stereocenters. The number of nitrogens with one attached hydrogen (secondary N) is 1. The number of urea groups is 1. The van der Waals surface area contributed by atoms with Crippen molar-refractivity contribution >= 4 is 6.03 Å². The van der Waals surface area contributed by atoms with Crippen LogP contribution in [0.25, 0.3) is 0 Å². The third kappa shape index (κ3) is 4.14. The third-order valence-corrected chi connectivity index (χ3v) is 3.84. The van der Waals surface area contributed by atoms with Crippen molar-refractivity contribution in [3.05, 3.63) is 0 Å². The molecule has 0 aromatic carbocycles. The number of hydrogen-bond donors (Lipinski definition) is 2. The highest BCUT2D eigenvalue weighted by atomic mass is 16.5. The van der Waals surface area contributed by atoms with Crippen LogP contribution < -0.4 is 11.1 Å². The molecular weight excluding hydrogens is 230 g/mol. The number of carbonyl (C=O) groups is 1. The first-order chi connectivity index (χ1) is 8.75. The Balaban J connectivity index is 1.51. The Kier molecular flexibility index (Phi) is 5.26. The maximum atomic E-state index is 11.7. The molecule has 0 unspecified atom stereocenters. The predicted octanol–water partition coefficient (Wildman–Crippen LogP) is 1.08. The number of nitrogens with two attached hydrogens (primary N) is 1. The van der Waals surface area contributed by atoms with E-state index in [1.165, 1.54) is 0 Å². The van der Waals surface area contributed by atoms with Crippen LogP contribution in [-0.4, -0.2) is 49.3 Å². The lowest BCUT2D eigenvalue weighted by atomic mass is 9.94. The minimum Gasteiger partial charge on any atom is -0.376 e. The highest BCUT2D eigenvalue weighted by Gasteiger charge is 2.19. The minimum atomic E-state index is 0.0572.